The van der Waals surface area contributed by atoms with Gasteiger partial charge in [0, 0.05) is 0 Å². The Bertz CT molecular complexity index is 845. The van der Waals surface area contributed by atoms with E-state index in [0.29, 0.717) is 20.7 Å². The number of hydrogen-bond acceptors (Lipinski definition) is 3. The first kappa shape index (κ1) is 15.8. The molecular formula is C14H10BrClN2O2S. The molecule has 0 radical (unpaired) electrons. The zero-order chi connectivity index (χ0) is 15.6. The Kier molecular flexibility index (Phi) is 4.57. The molecule has 2 rings (SSSR count). The molecule has 0 spiro atoms. The van der Waals surface area contributed by atoms with Crippen LogP contribution in [0.1, 0.15) is 11.1 Å². The monoisotopic (exact) mass is 384 g/mol. The lowest BCUT2D eigenvalue weighted by atomic mass is 10.2. The van der Waals surface area contributed by atoms with E-state index in [-0.39, 0.29) is 10.5 Å². The van der Waals surface area contributed by atoms with Gasteiger partial charge in [-0.05, 0) is 52.7 Å². The summed E-state index contributed by atoms with van der Waals surface area (Å²) in [6, 6.07) is 11.3. The molecule has 0 unspecified atom stereocenters. The fourth-order valence-electron chi connectivity index (χ4n) is 1.74. The summed E-state index contributed by atoms with van der Waals surface area (Å²) in [6.07, 6.45) is 0. The van der Waals surface area contributed by atoms with Crippen molar-refractivity contribution >= 4 is 43.2 Å². The first-order valence-corrected chi connectivity index (χ1v) is 8.48. The van der Waals surface area contributed by atoms with Gasteiger partial charge in [0.1, 0.15) is 0 Å². The van der Waals surface area contributed by atoms with Crippen LogP contribution in [0.15, 0.2) is 45.8 Å². The Balaban J connectivity index is 2.49. The highest BCUT2D eigenvalue weighted by Gasteiger charge is 2.19. The summed E-state index contributed by atoms with van der Waals surface area (Å²) in [5.41, 5.74) is 1.18. The first-order valence-electron chi connectivity index (χ1n) is 5.83. The first-order chi connectivity index (χ1) is 9.85. The maximum atomic E-state index is 12.5. The molecule has 0 amide bonds. The molecular weight excluding hydrogens is 376 g/mol. The van der Waals surface area contributed by atoms with Crippen molar-refractivity contribution < 1.29 is 8.42 Å². The van der Waals surface area contributed by atoms with Gasteiger partial charge in [-0.1, -0.05) is 23.7 Å². The minimum Gasteiger partial charge on any atom is -0.278 e. The summed E-state index contributed by atoms with van der Waals surface area (Å²) in [5, 5.41) is 9.30. The third kappa shape index (κ3) is 3.38. The Morgan fingerprint density at radius 2 is 2.00 bits per heavy atom. The smallest absolute Gasteiger partial charge is 0.262 e. The minimum absolute atomic E-state index is 0.0634. The molecule has 1 N–H and O–H groups in total. The van der Waals surface area contributed by atoms with E-state index in [4.69, 9.17) is 16.9 Å². The van der Waals surface area contributed by atoms with Gasteiger partial charge in [0.2, 0.25) is 0 Å². The summed E-state index contributed by atoms with van der Waals surface area (Å²) in [5.74, 6) is 0. The van der Waals surface area contributed by atoms with Gasteiger partial charge >= 0.3 is 0 Å². The molecule has 0 atom stereocenters. The van der Waals surface area contributed by atoms with Crippen LogP contribution in [0, 0.1) is 18.3 Å². The molecule has 2 aromatic carbocycles. The second-order valence-electron chi connectivity index (χ2n) is 4.30. The number of hydrogen-bond donors (Lipinski definition) is 1. The molecule has 0 aliphatic carbocycles. The zero-order valence-corrected chi connectivity index (χ0v) is 14.1. The standard InChI is InChI=1S/C14H10BrClN2O2S/c1-9-5-6-10(8-17)7-13(9)21(19,20)18-12-4-2-3-11(16)14(12)15/h2-7,18H,1H3. The molecule has 4 nitrogen and oxygen atoms in total. The number of halogens is 2. The number of rotatable bonds is 3. The van der Waals surface area contributed by atoms with E-state index in [9.17, 15) is 8.42 Å². The van der Waals surface area contributed by atoms with Gasteiger partial charge in [0.05, 0.1) is 31.7 Å². The van der Waals surface area contributed by atoms with Crippen LogP contribution in [-0.4, -0.2) is 8.42 Å². The van der Waals surface area contributed by atoms with Gasteiger partial charge in [-0.2, -0.15) is 5.26 Å². The summed E-state index contributed by atoms with van der Waals surface area (Å²) in [7, 11) is -3.81. The Labute approximate surface area is 136 Å². The highest BCUT2D eigenvalue weighted by atomic mass is 79.9. The third-order valence-corrected chi connectivity index (χ3v) is 5.71. The molecule has 0 aliphatic rings. The number of nitriles is 1. The molecule has 7 heteroatoms. The van der Waals surface area contributed by atoms with Crippen LogP contribution in [0.25, 0.3) is 0 Å². The topological polar surface area (TPSA) is 70.0 Å². The molecule has 2 aromatic rings. The minimum atomic E-state index is -3.81. The predicted molar refractivity (Wildman–Crippen MR) is 85.9 cm³/mol. The van der Waals surface area contributed by atoms with Crippen molar-refractivity contribution in [1.82, 2.24) is 0 Å². The van der Waals surface area contributed by atoms with Crippen molar-refractivity contribution in [3.8, 4) is 6.07 Å². The normalized spacial score (nSPS) is 11.0. The maximum absolute atomic E-state index is 12.5. The Morgan fingerprint density at radius 3 is 2.67 bits per heavy atom. The summed E-state index contributed by atoms with van der Waals surface area (Å²) < 4.78 is 27.9. The lowest BCUT2D eigenvalue weighted by Gasteiger charge is -2.12. The van der Waals surface area contributed by atoms with E-state index in [1.807, 2.05) is 6.07 Å². The second kappa shape index (κ2) is 6.06. The summed E-state index contributed by atoms with van der Waals surface area (Å²) in [6.45, 7) is 1.67. The van der Waals surface area contributed by atoms with Crippen molar-refractivity contribution in [1.29, 1.82) is 5.26 Å². The lowest BCUT2D eigenvalue weighted by molar-refractivity contribution is 0.600. The Morgan fingerprint density at radius 1 is 1.29 bits per heavy atom. The third-order valence-electron chi connectivity index (χ3n) is 2.80. The number of nitrogens with one attached hydrogen (secondary N) is 1. The second-order valence-corrected chi connectivity index (χ2v) is 7.15. The average Bonchev–Trinajstić information content (AvgIpc) is 2.44. The van der Waals surface area contributed by atoms with Crippen LogP contribution in [0.2, 0.25) is 5.02 Å². The van der Waals surface area contributed by atoms with E-state index < -0.39 is 10.0 Å². The van der Waals surface area contributed by atoms with Gasteiger partial charge in [-0.25, -0.2) is 8.42 Å². The lowest BCUT2D eigenvalue weighted by Crippen LogP contribution is -2.15. The van der Waals surface area contributed by atoms with Crippen molar-refractivity contribution in [3.63, 3.8) is 0 Å². The molecule has 0 bridgehead atoms. The van der Waals surface area contributed by atoms with Crippen LogP contribution in [0.5, 0.6) is 0 Å². The summed E-state index contributed by atoms with van der Waals surface area (Å²) in [4.78, 5) is 0.0634. The molecule has 21 heavy (non-hydrogen) atoms. The molecule has 0 aromatic heterocycles. The number of anilines is 1. The highest BCUT2D eigenvalue weighted by molar-refractivity contribution is 9.10. The van der Waals surface area contributed by atoms with Gasteiger partial charge in [-0.15, -0.1) is 0 Å². The fraction of sp³-hybridized carbons (Fsp3) is 0.0714. The molecule has 0 saturated heterocycles. The SMILES string of the molecule is Cc1ccc(C#N)cc1S(=O)(=O)Nc1cccc(Cl)c1Br. The molecule has 108 valence electrons. The van der Waals surface area contributed by atoms with Crippen LogP contribution in [0.3, 0.4) is 0 Å². The van der Waals surface area contributed by atoms with Gasteiger partial charge in [0.25, 0.3) is 10.0 Å². The fourth-order valence-corrected chi connectivity index (χ4v) is 3.75. The van der Waals surface area contributed by atoms with Gasteiger partial charge < -0.3 is 0 Å². The van der Waals surface area contributed by atoms with E-state index in [1.165, 1.54) is 6.07 Å². The Hall–Kier alpha value is -1.55. The zero-order valence-electron chi connectivity index (χ0n) is 10.9. The molecule has 0 aliphatic heterocycles. The van der Waals surface area contributed by atoms with Crippen molar-refractivity contribution in [2.24, 2.45) is 0 Å². The average molecular weight is 386 g/mol. The van der Waals surface area contributed by atoms with Crippen molar-refractivity contribution in [2.75, 3.05) is 4.72 Å². The maximum Gasteiger partial charge on any atom is 0.262 e. The van der Waals surface area contributed by atoms with Gasteiger partial charge in [0.15, 0.2) is 0 Å². The van der Waals surface area contributed by atoms with E-state index in [1.54, 1.807) is 37.3 Å². The van der Waals surface area contributed by atoms with E-state index >= 15 is 0 Å². The number of nitrogens with zero attached hydrogens (tertiary/aromatic N) is 1. The predicted octanol–water partition coefficient (Wildman–Crippen LogP) is 4.08. The van der Waals surface area contributed by atoms with E-state index in [2.05, 4.69) is 20.7 Å². The molecule has 0 fully saturated rings. The molecule has 0 heterocycles. The van der Waals surface area contributed by atoms with E-state index in [0.717, 1.165) is 0 Å². The van der Waals surface area contributed by atoms with Crippen molar-refractivity contribution in [3.05, 3.63) is 57.0 Å². The highest BCUT2D eigenvalue weighted by Crippen LogP contribution is 2.32. The quantitative estimate of drug-likeness (QED) is 0.865. The van der Waals surface area contributed by atoms with Crippen LogP contribution in [-0.2, 0) is 10.0 Å². The van der Waals surface area contributed by atoms with Crippen LogP contribution >= 0.6 is 27.5 Å². The molecule has 0 saturated carbocycles. The van der Waals surface area contributed by atoms with Crippen LogP contribution < -0.4 is 4.72 Å². The summed E-state index contributed by atoms with van der Waals surface area (Å²) >= 11 is 9.18. The van der Waals surface area contributed by atoms with Crippen LogP contribution in [0.4, 0.5) is 5.69 Å². The van der Waals surface area contributed by atoms with Crippen molar-refractivity contribution in [2.45, 2.75) is 11.8 Å². The largest absolute Gasteiger partial charge is 0.278 e. The van der Waals surface area contributed by atoms with Gasteiger partial charge in [-0.3, -0.25) is 4.72 Å². The number of sulfonamides is 1. The number of benzene rings is 2. The number of aryl methyl sites for hydroxylation is 1.